The Morgan fingerprint density at radius 3 is 2.78 bits per heavy atom. The zero-order chi connectivity index (χ0) is 22.2. The van der Waals surface area contributed by atoms with Crippen molar-refractivity contribution in [1.82, 2.24) is 20.4 Å². The Morgan fingerprint density at radius 1 is 1.16 bits per heavy atom. The first kappa shape index (κ1) is 21.7. The number of hydrogen-bond acceptors (Lipinski definition) is 4. The summed E-state index contributed by atoms with van der Waals surface area (Å²) in [4.78, 5) is 7.17. The van der Waals surface area contributed by atoms with Crippen molar-refractivity contribution < 1.29 is 4.74 Å². The van der Waals surface area contributed by atoms with E-state index in [0.29, 0.717) is 12.6 Å². The Labute approximate surface area is 190 Å². The molecule has 2 aromatic carbocycles. The number of methoxy groups -OCH3 is 1. The lowest BCUT2D eigenvalue weighted by Gasteiger charge is -2.22. The highest BCUT2D eigenvalue weighted by Gasteiger charge is 2.25. The molecule has 0 radical (unpaired) electrons. The van der Waals surface area contributed by atoms with Gasteiger partial charge in [-0.15, -0.1) is 0 Å². The number of nitrogens with zero attached hydrogens (tertiary/aromatic N) is 4. The van der Waals surface area contributed by atoms with Gasteiger partial charge in [0.15, 0.2) is 5.96 Å². The summed E-state index contributed by atoms with van der Waals surface area (Å²) in [7, 11) is 1.73. The van der Waals surface area contributed by atoms with Crippen LogP contribution in [-0.2, 0) is 6.42 Å². The van der Waals surface area contributed by atoms with Crippen LogP contribution in [0.5, 0.6) is 5.75 Å². The first-order valence-electron chi connectivity index (χ1n) is 11.3. The van der Waals surface area contributed by atoms with Gasteiger partial charge < -0.3 is 20.3 Å². The maximum Gasteiger partial charge on any atom is 0.191 e. The lowest BCUT2D eigenvalue weighted by atomic mass is 10.2. The van der Waals surface area contributed by atoms with E-state index >= 15 is 0 Å². The van der Waals surface area contributed by atoms with Crippen molar-refractivity contribution in [2.45, 2.75) is 25.8 Å². The first-order valence-corrected chi connectivity index (χ1v) is 11.3. The molecule has 2 N–H and O–H groups in total. The van der Waals surface area contributed by atoms with Crippen LogP contribution in [0.1, 0.15) is 18.9 Å². The molecule has 1 atom stereocenters. The Kier molecular flexibility index (Phi) is 7.27. The molecule has 0 aliphatic carbocycles. The SMILES string of the molecule is CCNC(=NCCc1cnn(-c2ccccc2)c1)NC1CCN(c2ccccc2OC)C1. The summed E-state index contributed by atoms with van der Waals surface area (Å²) >= 11 is 0. The fourth-order valence-electron chi connectivity index (χ4n) is 4.01. The van der Waals surface area contributed by atoms with Crippen molar-refractivity contribution in [2.75, 3.05) is 38.2 Å². The molecule has 32 heavy (non-hydrogen) atoms. The van der Waals surface area contributed by atoms with Crippen molar-refractivity contribution in [3.8, 4) is 11.4 Å². The molecule has 1 aromatic heterocycles. The smallest absolute Gasteiger partial charge is 0.191 e. The Balaban J connectivity index is 1.32. The average Bonchev–Trinajstić information content (AvgIpc) is 3.50. The van der Waals surface area contributed by atoms with Crippen molar-refractivity contribution >= 4 is 11.6 Å². The van der Waals surface area contributed by atoms with Crippen LogP contribution >= 0.6 is 0 Å². The van der Waals surface area contributed by atoms with Gasteiger partial charge >= 0.3 is 0 Å². The molecule has 0 spiro atoms. The van der Waals surface area contributed by atoms with Crippen molar-refractivity contribution in [2.24, 2.45) is 4.99 Å². The maximum absolute atomic E-state index is 5.53. The molecule has 168 valence electrons. The van der Waals surface area contributed by atoms with Crippen LogP contribution < -0.4 is 20.3 Å². The molecule has 0 saturated carbocycles. The van der Waals surface area contributed by atoms with Gasteiger partial charge in [0.05, 0.1) is 24.7 Å². The zero-order valence-corrected chi connectivity index (χ0v) is 18.9. The number of hydrogen-bond donors (Lipinski definition) is 2. The highest BCUT2D eigenvalue weighted by Crippen LogP contribution is 2.30. The minimum atomic E-state index is 0.346. The first-order chi connectivity index (χ1) is 15.8. The van der Waals surface area contributed by atoms with Crippen LogP contribution in [-0.4, -0.2) is 55.1 Å². The van der Waals surface area contributed by atoms with Gasteiger partial charge in [0.2, 0.25) is 0 Å². The second-order valence-electron chi connectivity index (χ2n) is 7.89. The molecule has 4 rings (SSSR count). The van der Waals surface area contributed by atoms with Crippen LogP contribution in [0.15, 0.2) is 72.0 Å². The van der Waals surface area contributed by atoms with E-state index in [-0.39, 0.29) is 0 Å². The summed E-state index contributed by atoms with van der Waals surface area (Å²) in [6, 6.07) is 18.7. The molecule has 7 heteroatoms. The Hall–Kier alpha value is -3.48. The molecule has 1 fully saturated rings. The number of guanidine groups is 1. The molecule has 2 heterocycles. The summed E-state index contributed by atoms with van der Waals surface area (Å²) in [6.45, 7) is 5.56. The van der Waals surface area contributed by atoms with Crippen molar-refractivity contribution in [1.29, 1.82) is 0 Å². The number of para-hydroxylation sites is 3. The highest BCUT2D eigenvalue weighted by molar-refractivity contribution is 5.80. The van der Waals surface area contributed by atoms with Gasteiger partial charge in [0.1, 0.15) is 5.75 Å². The van der Waals surface area contributed by atoms with Crippen molar-refractivity contribution in [3.63, 3.8) is 0 Å². The molecule has 1 aliphatic rings. The zero-order valence-electron chi connectivity index (χ0n) is 18.9. The minimum Gasteiger partial charge on any atom is -0.495 e. The third-order valence-corrected chi connectivity index (χ3v) is 5.63. The second kappa shape index (κ2) is 10.7. The summed E-state index contributed by atoms with van der Waals surface area (Å²) in [5, 5.41) is 11.5. The van der Waals surface area contributed by atoms with Crippen LogP contribution in [0, 0.1) is 0 Å². The molecule has 7 nitrogen and oxygen atoms in total. The molecule has 1 unspecified atom stereocenters. The predicted octanol–water partition coefficient (Wildman–Crippen LogP) is 3.26. The van der Waals surface area contributed by atoms with Crippen LogP contribution in [0.25, 0.3) is 5.69 Å². The van der Waals surface area contributed by atoms with Gasteiger partial charge in [0.25, 0.3) is 0 Å². The molecular formula is C25H32N6O. The van der Waals surface area contributed by atoms with E-state index < -0.39 is 0 Å². The van der Waals surface area contributed by atoms with E-state index in [4.69, 9.17) is 9.73 Å². The number of nitrogens with one attached hydrogen (secondary N) is 2. The highest BCUT2D eigenvalue weighted by atomic mass is 16.5. The van der Waals surface area contributed by atoms with E-state index in [1.807, 2.05) is 41.2 Å². The van der Waals surface area contributed by atoms with E-state index in [1.165, 1.54) is 5.56 Å². The van der Waals surface area contributed by atoms with Crippen molar-refractivity contribution in [3.05, 3.63) is 72.6 Å². The molecule has 0 bridgehead atoms. The third-order valence-electron chi connectivity index (χ3n) is 5.63. The van der Waals surface area contributed by atoms with Crippen LogP contribution in [0.2, 0.25) is 0 Å². The quantitative estimate of drug-likeness (QED) is 0.423. The van der Waals surface area contributed by atoms with E-state index in [9.17, 15) is 0 Å². The normalized spacial score (nSPS) is 16.2. The molecular weight excluding hydrogens is 400 g/mol. The molecule has 0 amide bonds. The van der Waals surface area contributed by atoms with Gasteiger partial charge in [-0.05, 0) is 49.6 Å². The van der Waals surface area contributed by atoms with Gasteiger partial charge in [-0.2, -0.15) is 5.10 Å². The number of rotatable bonds is 8. The van der Waals surface area contributed by atoms with E-state index in [0.717, 1.165) is 55.6 Å². The van der Waals surface area contributed by atoms with Gasteiger partial charge in [-0.1, -0.05) is 30.3 Å². The fourth-order valence-corrected chi connectivity index (χ4v) is 4.01. The number of ether oxygens (including phenoxy) is 1. The Bertz CT molecular complexity index is 1020. The summed E-state index contributed by atoms with van der Waals surface area (Å²) in [6.07, 6.45) is 5.91. The maximum atomic E-state index is 5.53. The average molecular weight is 433 g/mol. The predicted molar refractivity (Wildman–Crippen MR) is 130 cm³/mol. The van der Waals surface area contributed by atoms with Gasteiger partial charge in [-0.25, -0.2) is 4.68 Å². The Morgan fingerprint density at radius 2 is 1.97 bits per heavy atom. The summed E-state index contributed by atoms with van der Waals surface area (Å²) < 4.78 is 7.44. The van der Waals surface area contributed by atoms with Crippen LogP contribution in [0.3, 0.4) is 0 Å². The summed E-state index contributed by atoms with van der Waals surface area (Å²) in [5.74, 6) is 1.79. The molecule has 1 saturated heterocycles. The lowest BCUT2D eigenvalue weighted by Crippen LogP contribution is -2.44. The lowest BCUT2D eigenvalue weighted by molar-refractivity contribution is 0.415. The second-order valence-corrected chi connectivity index (χ2v) is 7.89. The third kappa shape index (κ3) is 5.41. The van der Waals surface area contributed by atoms with E-state index in [2.05, 4.69) is 58.0 Å². The van der Waals surface area contributed by atoms with Gasteiger partial charge in [0, 0.05) is 38.4 Å². The minimum absolute atomic E-state index is 0.346. The topological polar surface area (TPSA) is 66.7 Å². The van der Waals surface area contributed by atoms with Gasteiger partial charge in [-0.3, -0.25) is 4.99 Å². The number of aromatic nitrogens is 2. The number of benzene rings is 2. The largest absolute Gasteiger partial charge is 0.495 e. The monoisotopic (exact) mass is 432 g/mol. The number of anilines is 1. The molecule has 1 aliphatic heterocycles. The van der Waals surface area contributed by atoms with Crippen LogP contribution in [0.4, 0.5) is 5.69 Å². The number of aliphatic imine (C=N–C) groups is 1. The standard InChI is InChI=1S/C25H32N6O/c1-3-26-25(27-15-13-20-17-28-31(18-20)22-9-5-4-6-10-22)29-21-14-16-30(19-21)23-11-7-8-12-24(23)32-2/h4-12,17-18,21H,3,13-16,19H2,1-2H3,(H2,26,27,29). The molecule has 3 aromatic rings. The fraction of sp³-hybridized carbons (Fsp3) is 0.360. The van der Waals surface area contributed by atoms with E-state index in [1.54, 1.807) is 7.11 Å². The summed E-state index contributed by atoms with van der Waals surface area (Å²) in [5.41, 5.74) is 3.39.